The molecule has 2 heterocycles. The molecule has 1 amide bonds. The number of carbonyl (C=O) groups is 1. The molecule has 3 rings (SSSR count). The molecular weight excluding hydrogens is 278 g/mol. The lowest BCUT2D eigenvalue weighted by Crippen LogP contribution is -2.47. The third kappa shape index (κ3) is 1.74. The van der Waals surface area contributed by atoms with E-state index in [1.807, 2.05) is 24.3 Å². The summed E-state index contributed by atoms with van der Waals surface area (Å²) >= 11 is 0. The molecule has 0 saturated carbocycles. The Kier molecular flexibility index (Phi) is 3.01. The van der Waals surface area contributed by atoms with Gasteiger partial charge in [-0.2, -0.15) is 0 Å². The molecule has 0 N–H and O–H groups in total. The highest BCUT2D eigenvalue weighted by Gasteiger charge is 2.52. The average Bonchev–Trinajstić information content (AvgIpc) is 2.67. The Bertz CT molecular complexity index is 645. The van der Waals surface area contributed by atoms with Gasteiger partial charge >= 0.3 is 6.09 Å². The zero-order chi connectivity index (χ0) is 14.4. The van der Waals surface area contributed by atoms with E-state index in [1.54, 1.807) is 4.90 Å². The van der Waals surface area contributed by atoms with Crippen LogP contribution in [0.2, 0.25) is 0 Å². The molecule has 108 valence electrons. The fourth-order valence-corrected chi connectivity index (χ4v) is 5.64. The van der Waals surface area contributed by atoms with Crippen molar-refractivity contribution in [1.29, 1.82) is 0 Å². The molecule has 0 atom stereocenters. The highest BCUT2D eigenvalue weighted by Crippen LogP contribution is 2.48. The van der Waals surface area contributed by atoms with E-state index in [-0.39, 0.29) is 11.8 Å². The first kappa shape index (κ1) is 13.4. The maximum atomic E-state index is 12.6. The third-order valence-electron chi connectivity index (χ3n) is 4.45. The first-order valence-electron chi connectivity index (χ1n) is 6.64. The summed E-state index contributed by atoms with van der Waals surface area (Å²) in [5, 5.41) is 0. The summed E-state index contributed by atoms with van der Waals surface area (Å²) in [7, 11) is -1.86. The van der Waals surface area contributed by atoms with Crippen molar-refractivity contribution < 1.29 is 17.9 Å². The number of methoxy groups -OCH3 is 1. The first-order valence-corrected chi connectivity index (χ1v) is 8.29. The smallest absolute Gasteiger partial charge is 0.409 e. The van der Waals surface area contributed by atoms with Gasteiger partial charge in [0.25, 0.3) is 0 Å². The zero-order valence-electron chi connectivity index (χ0n) is 11.3. The molecule has 5 nitrogen and oxygen atoms in total. The predicted octanol–water partition coefficient (Wildman–Crippen LogP) is 1.67. The molecular formula is C14H17NO4S. The maximum absolute atomic E-state index is 12.6. The molecule has 0 aromatic heterocycles. The van der Waals surface area contributed by atoms with Crippen molar-refractivity contribution in [3.05, 3.63) is 35.4 Å². The summed E-state index contributed by atoms with van der Waals surface area (Å²) < 4.78 is 29.1. The fraction of sp³-hybridized carbons (Fsp3) is 0.500. The minimum absolute atomic E-state index is 0.112. The number of benzene rings is 1. The second-order valence-electron chi connectivity index (χ2n) is 5.37. The van der Waals surface area contributed by atoms with Crippen LogP contribution in [-0.2, 0) is 25.1 Å². The van der Waals surface area contributed by atoms with Crippen molar-refractivity contribution in [1.82, 2.24) is 4.90 Å². The Morgan fingerprint density at radius 3 is 2.55 bits per heavy atom. The Morgan fingerprint density at radius 2 is 1.90 bits per heavy atom. The molecule has 1 aromatic carbocycles. The number of nitrogens with zero attached hydrogens (tertiary/aromatic N) is 1. The number of amides is 1. The van der Waals surface area contributed by atoms with Crippen LogP contribution in [0.1, 0.15) is 24.0 Å². The van der Waals surface area contributed by atoms with Crippen molar-refractivity contribution in [2.75, 3.05) is 20.2 Å². The molecule has 0 aliphatic carbocycles. The Morgan fingerprint density at radius 1 is 1.25 bits per heavy atom. The standard InChI is InChI=1S/C14H17NO4S/c1-19-13(16)15-8-6-14(7-9-15)12-5-3-2-4-11(12)10-20(14,17)18/h2-5H,6-10H2,1H3. The van der Waals surface area contributed by atoms with Gasteiger partial charge in [-0.05, 0) is 24.0 Å². The molecule has 1 spiro atoms. The van der Waals surface area contributed by atoms with Crippen LogP contribution in [0, 0.1) is 0 Å². The van der Waals surface area contributed by atoms with Crippen molar-refractivity contribution >= 4 is 15.9 Å². The fourth-order valence-electron chi connectivity index (χ4n) is 3.36. The van der Waals surface area contributed by atoms with Crippen molar-refractivity contribution in [2.45, 2.75) is 23.3 Å². The van der Waals surface area contributed by atoms with Crippen molar-refractivity contribution in [3.8, 4) is 0 Å². The van der Waals surface area contributed by atoms with Gasteiger partial charge in [0, 0.05) is 13.1 Å². The number of piperidine rings is 1. The van der Waals surface area contributed by atoms with Crippen LogP contribution in [0.4, 0.5) is 4.79 Å². The minimum Gasteiger partial charge on any atom is -0.453 e. The number of ether oxygens (including phenoxy) is 1. The molecule has 1 fully saturated rings. The largest absolute Gasteiger partial charge is 0.453 e. The van der Waals surface area contributed by atoms with Gasteiger partial charge in [0.1, 0.15) is 4.75 Å². The number of hydrogen-bond acceptors (Lipinski definition) is 4. The van der Waals surface area contributed by atoms with Crippen LogP contribution in [0.3, 0.4) is 0 Å². The van der Waals surface area contributed by atoms with Crippen molar-refractivity contribution in [2.24, 2.45) is 0 Å². The SMILES string of the molecule is COC(=O)N1CCC2(CC1)c1ccccc1CS2(=O)=O. The maximum Gasteiger partial charge on any atom is 0.409 e. The summed E-state index contributed by atoms with van der Waals surface area (Å²) in [6.45, 7) is 0.834. The topological polar surface area (TPSA) is 63.7 Å². The molecule has 0 bridgehead atoms. The average molecular weight is 295 g/mol. The van der Waals surface area contributed by atoms with Gasteiger partial charge in [-0.1, -0.05) is 24.3 Å². The lowest BCUT2D eigenvalue weighted by molar-refractivity contribution is 0.109. The zero-order valence-corrected chi connectivity index (χ0v) is 12.1. The monoisotopic (exact) mass is 295 g/mol. The first-order chi connectivity index (χ1) is 9.50. The van der Waals surface area contributed by atoms with Crippen molar-refractivity contribution in [3.63, 3.8) is 0 Å². The third-order valence-corrected chi connectivity index (χ3v) is 6.96. The Hall–Kier alpha value is -1.56. The lowest BCUT2D eigenvalue weighted by atomic mass is 9.86. The summed E-state index contributed by atoms with van der Waals surface area (Å²) in [5.41, 5.74) is 1.82. The second-order valence-corrected chi connectivity index (χ2v) is 7.67. The van der Waals surface area contributed by atoms with Crippen LogP contribution >= 0.6 is 0 Å². The number of hydrogen-bond donors (Lipinski definition) is 0. The Labute approximate surface area is 118 Å². The summed E-state index contributed by atoms with van der Waals surface area (Å²) in [4.78, 5) is 13.1. The van der Waals surface area contributed by atoms with E-state index in [4.69, 9.17) is 4.74 Å². The van der Waals surface area contributed by atoms with Crippen LogP contribution < -0.4 is 0 Å². The number of sulfone groups is 1. The minimum atomic E-state index is -3.20. The number of rotatable bonds is 0. The normalized spacial score (nSPS) is 22.6. The number of likely N-dealkylation sites (tertiary alicyclic amines) is 1. The molecule has 0 radical (unpaired) electrons. The van der Waals surface area contributed by atoms with E-state index in [9.17, 15) is 13.2 Å². The van der Waals surface area contributed by atoms with Gasteiger partial charge in [0.2, 0.25) is 0 Å². The van der Waals surface area contributed by atoms with E-state index in [2.05, 4.69) is 0 Å². The number of carbonyl (C=O) groups excluding carboxylic acids is 1. The van der Waals surface area contributed by atoms with Gasteiger partial charge in [-0.25, -0.2) is 13.2 Å². The molecule has 6 heteroatoms. The van der Waals surface area contributed by atoms with E-state index in [0.717, 1.165) is 11.1 Å². The van der Waals surface area contributed by atoms with Crippen LogP contribution in [0.15, 0.2) is 24.3 Å². The molecule has 0 unspecified atom stereocenters. The molecule has 20 heavy (non-hydrogen) atoms. The number of fused-ring (bicyclic) bond motifs is 2. The second kappa shape index (κ2) is 4.48. The van der Waals surface area contributed by atoms with Gasteiger partial charge in [-0.15, -0.1) is 0 Å². The molecule has 1 aromatic rings. The van der Waals surface area contributed by atoms with E-state index >= 15 is 0 Å². The van der Waals surface area contributed by atoms with Crippen LogP contribution in [-0.4, -0.2) is 39.6 Å². The summed E-state index contributed by atoms with van der Waals surface area (Å²) in [5.74, 6) is 0.112. The summed E-state index contributed by atoms with van der Waals surface area (Å²) in [6.07, 6.45) is 0.506. The van der Waals surface area contributed by atoms with Crippen LogP contribution in [0.5, 0.6) is 0 Å². The van der Waals surface area contributed by atoms with Gasteiger partial charge < -0.3 is 9.64 Å². The Balaban J connectivity index is 1.96. The molecule has 2 aliphatic heterocycles. The van der Waals surface area contributed by atoms with Crippen LogP contribution in [0.25, 0.3) is 0 Å². The lowest BCUT2D eigenvalue weighted by Gasteiger charge is -2.38. The quantitative estimate of drug-likeness (QED) is 0.730. The van der Waals surface area contributed by atoms with Gasteiger partial charge in [-0.3, -0.25) is 0 Å². The molecule has 2 aliphatic rings. The van der Waals surface area contributed by atoms with E-state index in [1.165, 1.54) is 7.11 Å². The summed E-state index contributed by atoms with van der Waals surface area (Å²) in [6, 6.07) is 7.55. The van der Waals surface area contributed by atoms with E-state index in [0.29, 0.717) is 25.9 Å². The van der Waals surface area contributed by atoms with Gasteiger partial charge in [0.15, 0.2) is 9.84 Å². The highest BCUT2D eigenvalue weighted by atomic mass is 32.2. The van der Waals surface area contributed by atoms with E-state index < -0.39 is 14.6 Å². The highest BCUT2D eigenvalue weighted by molar-refractivity contribution is 7.92. The molecule has 1 saturated heterocycles. The predicted molar refractivity (Wildman–Crippen MR) is 74.0 cm³/mol. The van der Waals surface area contributed by atoms with Gasteiger partial charge in [0.05, 0.1) is 12.9 Å².